The van der Waals surface area contributed by atoms with E-state index in [1.54, 1.807) is 26.4 Å². The number of phenols is 2. The van der Waals surface area contributed by atoms with Gasteiger partial charge in [-0.25, -0.2) is 0 Å². The number of benzene rings is 2. The zero-order valence-corrected chi connectivity index (χ0v) is 26.4. The van der Waals surface area contributed by atoms with Gasteiger partial charge < -0.3 is 44.4 Å². The summed E-state index contributed by atoms with van der Waals surface area (Å²) in [7, 11) is 7.63. The molecule has 0 unspecified atom stereocenters. The van der Waals surface area contributed by atoms with Crippen LogP contribution in [0.3, 0.4) is 0 Å². The van der Waals surface area contributed by atoms with E-state index < -0.39 is 12.2 Å². The maximum atomic E-state index is 10.4. The molecular weight excluding hydrogens is 572 g/mol. The fourth-order valence-electron chi connectivity index (χ4n) is 10.5. The third kappa shape index (κ3) is 3.73. The highest BCUT2D eigenvalue weighted by molar-refractivity contribution is 5.63. The molecule has 8 aliphatic rings. The van der Waals surface area contributed by atoms with Crippen molar-refractivity contribution in [1.29, 1.82) is 0 Å². The number of aliphatic hydroxyl groups is 2. The molecule has 4 heterocycles. The lowest BCUT2D eigenvalue weighted by atomic mass is 9.53. The monoisotopic (exact) mass is 616 g/mol. The minimum atomic E-state index is -0.594. The number of likely N-dealkylation sites (N-methyl/N-ethyl adjacent to an activating group) is 2. The summed E-state index contributed by atoms with van der Waals surface area (Å²) >= 11 is 0. The second kappa shape index (κ2) is 10.2. The summed E-state index contributed by atoms with van der Waals surface area (Å²) in [6, 6.07) is 8.45. The van der Waals surface area contributed by atoms with Gasteiger partial charge in [-0.15, -0.1) is 0 Å². The molecule has 2 saturated heterocycles. The first-order valence-electron chi connectivity index (χ1n) is 16.2. The molecule has 0 amide bonds. The molecule has 45 heavy (non-hydrogen) atoms. The first-order valence-corrected chi connectivity index (χ1v) is 16.2. The van der Waals surface area contributed by atoms with Crippen molar-refractivity contribution < 1.29 is 34.6 Å². The van der Waals surface area contributed by atoms with Gasteiger partial charge in [-0.2, -0.15) is 0 Å². The van der Waals surface area contributed by atoms with E-state index in [1.807, 2.05) is 24.3 Å². The van der Waals surface area contributed by atoms with Gasteiger partial charge in [0.15, 0.2) is 23.0 Å². The Bertz CT molecular complexity index is 1480. The lowest BCUT2D eigenvalue weighted by Gasteiger charge is -2.56. The topological polar surface area (TPSA) is 115 Å². The summed E-state index contributed by atoms with van der Waals surface area (Å²) in [5.41, 5.74) is 4.58. The van der Waals surface area contributed by atoms with E-state index in [2.05, 4.69) is 40.8 Å². The number of likely N-dealkylation sites (tertiary alicyclic amines) is 2. The molecule has 9 heteroatoms. The number of hydrogen-bond donors (Lipinski definition) is 4. The fourth-order valence-corrected chi connectivity index (χ4v) is 10.5. The van der Waals surface area contributed by atoms with Gasteiger partial charge in [0.1, 0.15) is 24.4 Å². The molecule has 2 fully saturated rings. The summed E-state index contributed by atoms with van der Waals surface area (Å²) in [5, 5.41) is 41.3. The van der Waals surface area contributed by atoms with Gasteiger partial charge >= 0.3 is 0 Å². The van der Waals surface area contributed by atoms with Crippen molar-refractivity contribution in [3.05, 3.63) is 70.8 Å². The Morgan fingerprint density at radius 1 is 0.689 bits per heavy atom. The molecule has 2 aromatic carbocycles. The summed E-state index contributed by atoms with van der Waals surface area (Å²) in [4.78, 5) is 4.87. The van der Waals surface area contributed by atoms with E-state index in [4.69, 9.17) is 9.47 Å². The second-order valence-corrected chi connectivity index (χ2v) is 14.3. The molecule has 4 aliphatic carbocycles. The van der Waals surface area contributed by atoms with Crippen molar-refractivity contribution in [2.24, 2.45) is 11.8 Å². The number of piperidine rings is 2. The highest BCUT2D eigenvalue weighted by Crippen LogP contribution is 2.63. The smallest absolute Gasteiger partial charge is 0.165 e. The lowest BCUT2D eigenvalue weighted by Crippen LogP contribution is -2.64. The van der Waals surface area contributed by atoms with Crippen LogP contribution in [-0.2, 0) is 28.4 Å². The minimum Gasteiger partial charge on any atom is -0.504 e. The number of aliphatic hydroxyl groups excluding tert-OH is 2. The zero-order chi connectivity index (χ0) is 31.4. The lowest BCUT2D eigenvalue weighted by molar-refractivity contribution is -0.0453. The van der Waals surface area contributed by atoms with Crippen LogP contribution >= 0.6 is 0 Å². The number of ether oxygens (including phenoxy) is 3. The van der Waals surface area contributed by atoms with Crippen molar-refractivity contribution in [2.75, 3.05) is 41.4 Å². The van der Waals surface area contributed by atoms with Gasteiger partial charge in [0.25, 0.3) is 0 Å². The maximum absolute atomic E-state index is 10.4. The average Bonchev–Trinajstić information content (AvgIpc) is 3.57. The summed E-state index contributed by atoms with van der Waals surface area (Å²) in [6.45, 7) is 2.02. The van der Waals surface area contributed by atoms with Crippen molar-refractivity contribution >= 4 is 0 Å². The summed E-state index contributed by atoms with van der Waals surface area (Å²) < 4.78 is 16.4. The van der Waals surface area contributed by atoms with Crippen LogP contribution in [0, 0.1) is 11.8 Å². The molecule has 9 nitrogen and oxygen atoms in total. The summed E-state index contributed by atoms with van der Waals surface area (Å²) in [5.74, 6) is 2.38. The highest BCUT2D eigenvalue weighted by Gasteiger charge is 2.65. The van der Waals surface area contributed by atoms with Crippen LogP contribution < -0.4 is 9.47 Å². The number of methoxy groups -OCH3 is 1. The summed E-state index contributed by atoms with van der Waals surface area (Å²) in [6.07, 6.45) is 10.4. The Balaban J connectivity index is 0.000000123. The molecular formula is C36H44N2O7. The van der Waals surface area contributed by atoms with E-state index in [1.165, 1.54) is 22.3 Å². The third-order valence-electron chi connectivity index (χ3n) is 12.3. The molecule has 240 valence electrons. The van der Waals surface area contributed by atoms with Crippen molar-refractivity contribution in [3.8, 4) is 23.0 Å². The predicted octanol–water partition coefficient (Wildman–Crippen LogP) is 2.66. The van der Waals surface area contributed by atoms with Gasteiger partial charge in [-0.05, 0) is 76.1 Å². The average molecular weight is 617 g/mol. The Labute approximate surface area is 264 Å². The van der Waals surface area contributed by atoms with Crippen LogP contribution in [0.1, 0.15) is 35.1 Å². The van der Waals surface area contributed by atoms with E-state index in [0.29, 0.717) is 35.4 Å². The Hall–Kier alpha value is -3.08. The predicted molar refractivity (Wildman–Crippen MR) is 168 cm³/mol. The van der Waals surface area contributed by atoms with Crippen molar-refractivity contribution in [3.63, 3.8) is 0 Å². The Morgan fingerprint density at radius 3 is 1.49 bits per heavy atom. The van der Waals surface area contributed by atoms with Gasteiger partial charge in [-0.1, -0.05) is 36.4 Å². The third-order valence-corrected chi connectivity index (χ3v) is 12.3. The van der Waals surface area contributed by atoms with Crippen LogP contribution in [0.2, 0.25) is 0 Å². The van der Waals surface area contributed by atoms with Crippen LogP contribution in [0.5, 0.6) is 23.0 Å². The molecule has 0 radical (unpaired) electrons. The van der Waals surface area contributed by atoms with Crippen LogP contribution in [0.15, 0.2) is 48.6 Å². The van der Waals surface area contributed by atoms with E-state index in [9.17, 15) is 20.4 Å². The van der Waals surface area contributed by atoms with Gasteiger partial charge in [0, 0.05) is 60.1 Å². The quantitative estimate of drug-likeness (QED) is 0.332. The first kappa shape index (κ1) is 29.3. The normalized spacial score (nSPS) is 40.1. The largest absolute Gasteiger partial charge is 0.504 e. The zero-order valence-electron chi connectivity index (χ0n) is 26.4. The van der Waals surface area contributed by atoms with Gasteiger partial charge in [0.05, 0.1) is 0 Å². The number of hydrogen-bond acceptors (Lipinski definition) is 9. The molecule has 10 atom stereocenters. The van der Waals surface area contributed by atoms with Crippen LogP contribution in [-0.4, -0.2) is 108 Å². The Kier molecular flexibility index (Phi) is 6.65. The molecule has 0 saturated carbocycles. The number of aromatic hydroxyl groups is 2. The first-order chi connectivity index (χ1) is 21.7. The molecule has 2 spiro atoms. The molecule has 4 aliphatic heterocycles. The molecule has 4 bridgehead atoms. The highest BCUT2D eigenvalue weighted by atomic mass is 16.5. The SMILES string of the molecule is CN1CC[C@]23c4c5ccc(O)c4O[C@H]2[C@@H](O)C=C[C@H]3[C@H]1C5.CN1CC[C@]23c4c5ccc(O)c4O[C@H]2[C@@H](O)C=C[C@H]3[C@H]1C5.COC. The number of phenolic OH excluding ortho intramolecular Hbond substituents is 2. The fraction of sp³-hybridized carbons (Fsp3) is 0.556. The molecule has 4 N–H and O–H groups in total. The van der Waals surface area contributed by atoms with Crippen LogP contribution in [0.25, 0.3) is 0 Å². The van der Waals surface area contributed by atoms with E-state index >= 15 is 0 Å². The molecule has 0 aromatic heterocycles. The van der Waals surface area contributed by atoms with Crippen molar-refractivity contribution in [1.82, 2.24) is 9.80 Å². The molecule has 10 rings (SSSR count). The standard InChI is InChI=1S/2C17H19NO3.C2H6O/c2*1-18-7-6-17-10-3-5-13(20)16(17)21-15-12(19)4-2-9(14(15)17)8-11(10)18;1-3-2/h2*2-5,10-11,13,16,19-20H,6-8H2,1H3;1-2H3/t2*10-,11+,13-,16-,17-;/m00./s1. The Morgan fingerprint density at radius 2 is 1.09 bits per heavy atom. The maximum Gasteiger partial charge on any atom is 0.165 e. The number of nitrogens with zero attached hydrogens (tertiary/aromatic N) is 2. The second-order valence-electron chi connectivity index (χ2n) is 14.3. The van der Waals surface area contributed by atoms with E-state index in [-0.39, 0.29) is 34.5 Å². The van der Waals surface area contributed by atoms with Gasteiger partial charge in [-0.3, -0.25) is 0 Å². The van der Waals surface area contributed by atoms with E-state index in [0.717, 1.165) is 38.8 Å². The molecule has 2 aromatic rings. The van der Waals surface area contributed by atoms with Crippen molar-refractivity contribution in [2.45, 2.75) is 73.0 Å². The minimum absolute atomic E-state index is 0.160. The van der Waals surface area contributed by atoms with Gasteiger partial charge in [0.2, 0.25) is 0 Å². The van der Waals surface area contributed by atoms with Crippen LogP contribution in [0.4, 0.5) is 0 Å². The number of rotatable bonds is 0.